The van der Waals surface area contributed by atoms with Crippen molar-refractivity contribution in [2.75, 3.05) is 12.3 Å². The van der Waals surface area contributed by atoms with Crippen molar-refractivity contribution in [3.8, 4) is 17.0 Å². The fourth-order valence-electron chi connectivity index (χ4n) is 2.12. The number of nitrogen functional groups attached to an aromatic ring is 1. The lowest BCUT2D eigenvalue weighted by atomic mass is 10.2. The molecule has 5 heteroatoms. The number of nitrogens with zero attached hydrogens (tertiary/aromatic N) is 3. The van der Waals surface area contributed by atoms with Gasteiger partial charge in [-0.05, 0) is 18.2 Å². The molecule has 2 heterocycles. The predicted molar refractivity (Wildman–Crippen MR) is 81.8 cm³/mol. The zero-order chi connectivity index (χ0) is 14.5. The Kier molecular flexibility index (Phi) is 3.82. The summed E-state index contributed by atoms with van der Waals surface area (Å²) < 4.78 is 7.72. The number of rotatable bonds is 5. The summed E-state index contributed by atoms with van der Waals surface area (Å²) in [6.07, 6.45) is 6.99. The number of para-hydroxylation sites is 1. The minimum absolute atomic E-state index is 0.563. The summed E-state index contributed by atoms with van der Waals surface area (Å²) in [5, 5.41) is 0. The first-order chi connectivity index (χ1) is 10.3. The molecule has 2 N–H and O–H groups in total. The number of aromatic nitrogens is 3. The average molecular weight is 280 g/mol. The number of nitrogens with two attached hydrogens (primary N) is 1. The quantitative estimate of drug-likeness (QED) is 0.780. The monoisotopic (exact) mass is 280 g/mol. The van der Waals surface area contributed by atoms with Crippen molar-refractivity contribution < 1.29 is 4.74 Å². The van der Waals surface area contributed by atoms with Crippen LogP contribution >= 0.6 is 0 Å². The van der Waals surface area contributed by atoms with E-state index in [1.54, 1.807) is 31.0 Å². The zero-order valence-corrected chi connectivity index (χ0v) is 11.5. The summed E-state index contributed by atoms with van der Waals surface area (Å²) in [5.74, 6) is 0.861. The van der Waals surface area contributed by atoms with Crippen molar-refractivity contribution in [1.82, 2.24) is 14.5 Å². The van der Waals surface area contributed by atoms with Crippen molar-refractivity contribution in [3.63, 3.8) is 0 Å². The maximum Gasteiger partial charge on any atom is 0.119 e. The van der Waals surface area contributed by atoms with Crippen LogP contribution in [-0.4, -0.2) is 21.1 Å². The number of hydrogen-bond donors (Lipinski definition) is 1. The molecule has 5 nitrogen and oxygen atoms in total. The molecule has 2 aromatic heterocycles. The molecule has 0 saturated heterocycles. The van der Waals surface area contributed by atoms with E-state index in [1.807, 2.05) is 34.9 Å². The van der Waals surface area contributed by atoms with Crippen LogP contribution in [0.25, 0.3) is 11.3 Å². The molecule has 0 aliphatic rings. The highest BCUT2D eigenvalue weighted by atomic mass is 16.5. The van der Waals surface area contributed by atoms with E-state index in [4.69, 9.17) is 10.5 Å². The number of ether oxygens (including phenoxy) is 1. The van der Waals surface area contributed by atoms with Gasteiger partial charge in [-0.15, -0.1) is 0 Å². The van der Waals surface area contributed by atoms with Crippen molar-refractivity contribution in [2.45, 2.75) is 6.54 Å². The molecule has 0 amide bonds. The Hall–Kier alpha value is -2.82. The van der Waals surface area contributed by atoms with Crippen LogP contribution < -0.4 is 10.5 Å². The lowest BCUT2D eigenvalue weighted by Gasteiger charge is -2.11. The molecule has 0 spiro atoms. The third-order valence-corrected chi connectivity index (χ3v) is 3.19. The van der Waals surface area contributed by atoms with Gasteiger partial charge in [-0.3, -0.25) is 4.98 Å². The summed E-state index contributed by atoms with van der Waals surface area (Å²) >= 11 is 0. The summed E-state index contributed by atoms with van der Waals surface area (Å²) in [4.78, 5) is 8.31. The normalized spacial score (nSPS) is 10.5. The van der Waals surface area contributed by atoms with Crippen LogP contribution in [0.1, 0.15) is 0 Å². The fourth-order valence-corrected chi connectivity index (χ4v) is 2.12. The summed E-state index contributed by atoms with van der Waals surface area (Å²) in [7, 11) is 0. The first-order valence-electron chi connectivity index (χ1n) is 6.72. The SMILES string of the molecule is Nc1ccncc1-c1cncn1CCOc1ccccc1. The highest BCUT2D eigenvalue weighted by Crippen LogP contribution is 2.24. The van der Waals surface area contributed by atoms with Crippen LogP contribution in [0.15, 0.2) is 61.3 Å². The number of benzene rings is 1. The van der Waals surface area contributed by atoms with Crippen molar-refractivity contribution in [3.05, 3.63) is 61.3 Å². The molecule has 0 saturated carbocycles. The van der Waals surface area contributed by atoms with Gasteiger partial charge in [0.25, 0.3) is 0 Å². The minimum atomic E-state index is 0.563. The molecule has 0 unspecified atom stereocenters. The number of imidazole rings is 1. The second-order valence-electron chi connectivity index (χ2n) is 4.60. The van der Waals surface area contributed by atoms with Gasteiger partial charge >= 0.3 is 0 Å². The molecule has 21 heavy (non-hydrogen) atoms. The second kappa shape index (κ2) is 6.09. The van der Waals surface area contributed by atoms with Crippen LogP contribution in [0.3, 0.4) is 0 Å². The van der Waals surface area contributed by atoms with Gasteiger partial charge in [0.1, 0.15) is 12.4 Å². The Morgan fingerprint density at radius 1 is 1.05 bits per heavy atom. The van der Waals surface area contributed by atoms with Gasteiger partial charge in [0.15, 0.2) is 0 Å². The topological polar surface area (TPSA) is 66.0 Å². The molecule has 3 aromatic rings. The van der Waals surface area contributed by atoms with Crippen molar-refractivity contribution in [2.24, 2.45) is 0 Å². The zero-order valence-electron chi connectivity index (χ0n) is 11.5. The fraction of sp³-hybridized carbons (Fsp3) is 0.125. The number of hydrogen-bond acceptors (Lipinski definition) is 4. The van der Waals surface area contributed by atoms with E-state index in [9.17, 15) is 0 Å². The van der Waals surface area contributed by atoms with Crippen LogP contribution in [0.5, 0.6) is 5.75 Å². The lowest BCUT2D eigenvalue weighted by Crippen LogP contribution is -2.09. The van der Waals surface area contributed by atoms with E-state index in [1.165, 1.54) is 0 Å². The third-order valence-electron chi connectivity index (χ3n) is 3.19. The first-order valence-corrected chi connectivity index (χ1v) is 6.72. The molecule has 0 aliphatic carbocycles. The third kappa shape index (κ3) is 3.02. The number of anilines is 1. The van der Waals surface area contributed by atoms with E-state index in [0.29, 0.717) is 18.8 Å². The Morgan fingerprint density at radius 2 is 1.90 bits per heavy atom. The molecular formula is C16H16N4O. The Morgan fingerprint density at radius 3 is 2.71 bits per heavy atom. The minimum Gasteiger partial charge on any atom is -0.492 e. The molecule has 0 atom stereocenters. The molecule has 3 rings (SSSR count). The molecule has 0 radical (unpaired) electrons. The largest absolute Gasteiger partial charge is 0.492 e. The second-order valence-corrected chi connectivity index (χ2v) is 4.60. The first kappa shape index (κ1) is 13.2. The highest BCUT2D eigenvalue weighted by molar-refractivity contribution is 5.72. The van der Waals surface area contributed by atoms with Gasteiger partial charge < -0.3 is 15.0 Å². The number of pyridine rings is 1. The highest BCUT2D eigenvalue weighted by Gasteiger charge is 2.08. The summed E-state index contributed by atoms with van der Waals surface area (Å²) in [6, 6.07) is 11.5. The Bertz CT molecular complexity index is 709. The summed E-state index contributed by atoms with van der Waals surface area (Å²) in [5.41, 5.74) is 8.50. The molecular weight excluding hydrogens is 264 g/mol. The lowest BCUT2D eigenvalue weighted by molar-refractivity contribution is 0.299. The van der Waals surface area contributed by atoms with Crippen molar-refractivity contribution in [1.29, 1.82) is 0 Å². The van der Waals surface area contributed by atoms with Gasteiger partial charge in [-0.25, -0.2) is 4.98 Å². The smallest absolute Gasteiger partial charge is 0.119 e. The van der Waals surface area contributed by atoms with E-state index in [0.717, 1.165) is 17.0 Å². The molecule has 106 valence electrons. The van der Waals surface area contributed by atoms with Crippen molar-refractivity contribution >= 4 is 5.69 Å². The van der Waals surface area contributed by atoms with E-state index in [2.05, 4.69) is 9.97 Å². The predicted octanol–water partition coefficient (Wildman–Crippen LogP) is 2.61. The van der Waals surface area contributed by atoms with Gasteiger partial charge in [-0.1, -0.05) is 18.2 Å². The Labute approximate surface area is 123 Å². The maximum atomic E-state index is 5.99. The maximum absolute atomic E-state index is 5.99. The van der Waals surface area contributed by atoms with Gasteiger partial charge in [-0.2, -0.15) is 0 Å². The molecule has 0 fully saturated rings. The van der Waals surface area contributed by atoms with E-state index < -0.39 is 0 Å². The average Bonchev–Trinajstić information content (AvgIpc) is 2.97. The van der Waals surface area contributed by atoms with E-state index >= 15 is 0 Å². The van der Waals surface area contributed by atoms with Crippen LogP contribution in [0.4, 0.5) is 5.69 Å². The van der Waals surface area contributed by atoms with Crippen LogP contribution in [0, 0.1) is 0 Å². The Balaban J connectivity index is 1.70. The van der Waals surface area contributed by atoms with Crippen LogP contribution in [-0.2, 0) is 6.54 Å². The molecule has 1 aromatic carbocycles. The van der Waals surface area contributed by atoms with Gasteiger partial charge in [0.05, 0.1) is 24.8 Å². The van der Waals surface area contributed by atoms with E-state index in [-0.39, 0.29) is 0 Å². The van der Waals surface area contributed by atoms with Crippen LogP contribution in [0.2, 0.25) is 0 Å². The van der Waals surface area contributed by atoms with Gasteiger partial charge in [0, 0.05) is 23.6 Å². The molecule has 0 bridgehead atoms. The molecule has 0 aliphatic heterocycles. The van der Waals surface area contributed by atoms with Gasteiger partial charge in [0.2, 0.25) is 0 Å². The standard InChI is InChI=1S/C16H16N4O/c17-15-6-7-18-10-14(15)16-11-19-12-20(16)8-9-21-13-4-2-1-3-5-13/h1-7,10-12H,8-9H2,(H2,17,18). The summed E-state index contributed by atoms with van der Waals surface area (Å²) in [6.45, 7) is 1.26.